The van der Waals surface area contributed by atoms with Gasteiger partial charge >= 0.3 is 0 Å². The molecule has 1 heterocycles. The number of H-pyrrole nitrogens is 1. The average molecular weight is 217 g/mol. The average Bonchev–Trinajstić information content (AvgIpc) is 2.67. The van der Waals surface area contributed by atoms with Crippen LogP contribution in [0.1, 0.15) is 30.2 Å². The van der Waals surface area contributed by atoms with Crippen molar-refractivity contribution >= 4 is 10.9 Å². The number of benzene rings is 1. The highest BCUT2D eigenvalue weighted by Crippen LogP contribution is 2.36. The molecule has 0 aliphatic heterocycles. The fourth-order valence-corrected chi connectivity index (χ4v) is 2.57. The second-order valence-electron chi connectivity index (χ2n) is 4.34. The number of aliphatic hydroxyl groups excluding tert-OH is 1. The van der Waals surface area contributed by atoms with Gasteiger partial charge in [-0.25, -0.2) is 0 Å². The van der Waals surface area contributed by atoms with Gasteiger partial charge in [0.2, 0.25) is 0 Å². The van der Waals surface area contributed by atoms with E-state index in [4.69, 9.17) is 4.74 Å². The number of methoxy groups -OCH3 is 1. The van der Waals surface area contributed by atoms with Gasteiger partial charge in [-0.05, 0) is 37.5 Å². The zero-order chi connectivity index (χ0) is 11.1. The number of fused-ring (bicyclic) bond motifs is 3. The summed E-state index contributed by atoms with van der Waals surface area (Å²) in [6, 6.07) is 5.95. The molecule has 84 valence electrons. The SMILES string of the molecule is COc1ccc2[nH]c3c(c2c1)[C@@H](O)CCC3. The van der Waals surface area contributed by atoms with E-state index >= 15 is 0 Å². The van der Waals surface area contributed by atoms with Gasteiger partial charge < -0.3 is 14.8 Å². The maximum absolute atomic E-state index is 10.1. The third-order valence-corrected chi connectivity index (χ3v) is 3.37. The van der Waals surface area contributed by atoms with Gasteiger partial charge in [0.15, 0.2) is 0 Å². The minimum Gasteiger partial charge on any atom is -0.497 e. The second kappa shape index (κ2) is 3.52. The highest BCUT2D eigenvalue weighted by molar-refractivity contribution is 5.86. The molecule has 3 rings (SSSR count). The lowest BCUT2D eigenvalue weighted by atomic mass is 9.93. The van der Waals surface area contributed by atoms with Crippen molar-refractivity contribution in [2.45, 2.75) is 25.4 Å². The van der Waals surface area contributed by atoms with Crippen LogP contribution in [0, 0.1) is 0 Å². The monoisotopic (exact) mass is 217 g/mol. The number of rotatable bonds is 1. The van der Waals surface area contributed by atoms with E-state index in [9.17, 15) is 5.11 Å². The molecular formula is C13H15NO2. The molecule has 1 atom stereocenters. The van der Waals surface area contributed by atoms with Gasteiger partial charge in [-0.15, -0.1) is 0 Å². The lowest BCUT2D eigenvalue weighted by Gasteiger charge is -2.17. The third kappa shape index (κ3) is 1.32. The maximum Gasteiger partial charge on any atom is 0.119 e. The van der Waals surface area contributed by atoms with Crippen LogP contribution in [0.3, 0.4) is 0 Å². The van der Waals surface area contributed by atoms with E-state index in [0.29, 0.717) is 0 Å². The number of aromatic amines is 1. The Labute approximate surface area is 94.0 Å². The van der Waals surface area contributed by atoms with Crippen LogP contribution in [0.2, 0.25) is 0 Å². The van der Waals surface area contributed by atoms with E-state index in [1.165, 1.54) is 5.69 Å². The van der Waals surface area contributed by atoms with Crippen molar-refractivity contribution in [1.29, 1.82) is 0 Å². The molecule has 0 unspecified atom stereocenters. The lowest BCUT2D eigenvalue weighted by molar-refractivity contribution is 0.158. The molecule has 3 heteroatoms. The summed E-state index contributed by atoms with van der Waals surface area (Å²) in [6.07, 6.45) is 2.61. The number of ether oxygens (including phenoxy) is 1. The van der Waals surface area contributed by atoms with Crippen molar-refractivity contribution in [1.82, 2.24) is 4.98 Å². The van der Waals surface area contributed by atoms with Crippen LogP contribution in [0.4, 0.5) is 0 Å². The Morgan fingerprint density at radius 3 is 3.12 bits per heavy atom. The largest absolute Gasteiger partial charge is 0.497 e. The summed E-state index contributed by atoms with van der Waals surface area (Å²) in [7, 11) is 1.66. The van der Waals surface area contributed by atoms with Crippen LogP contribution in [0.15, 0.2) is 18.2 Å². The Bertz CT molecular complexity index is 530. The Morgan fingerprint density at radius 1 is 1.44 bits per heavy atom. The number of hydrogen-bond acceptors (Lipinski definition) is 2. The van der Waals surface area contributed by atoms with Gasteiger partial charge in [0.25, 0.3) is 0 Å². The molecule has 3 nitrogen and oxygen atoms in total. The first-order chi connectivity index (χ1) is 7.79. The normalized spacial score (nSPS) is 19.8. The standard InChI is InChI=1S/C13H15NO2/c1-16-8-5-6-10-9(7-8)13-11(14-10)3-2-4-12(13)15/h5-7,12,14-15H,2-4H2,1H3/t12-/m0/s1. The fraction of sp³-hybridized carbons (Fsp3) is 0.385. The molecule has 1 aliphatic carbocycles. The van der Waals surface area contributed by atoms with Crippen LogP contribution in [0.5, 0.6) is 5.75 Å². The second-order valence-corrected chi connectivity index (χ2v) is 4.34. The molecule has 0 saturated carbocycles. The van der Waals surface area contributed by atoms with Gasteiger partial charge in [0, 0.05) is 22.2 Å². The van der Waals surface area contributed by atoms with Crippen molar-refractivity contribution in [3.8, 4) is 5.75 Å². The zero-order valence-corrected chi connectivity index (χ0v) is 9.29. The van der Waals surface area contributed by atoms with Crippen molar-refractivity contribution in [2.24, 2.45) is 0 Å². The summed E-state index contributed by atoms with van der Waals surface area (Å²) in [6.45, 7) is 0. The van der Waals surface area contributed by atoms with Gasteiger partial charge in [0.05, 0.1) is 13.2 Å². The van der Waals surface area contributed by atoms with E-state index in [1.54, 1.807) is 7.11 Å². The summed E-state index contributed by atoms with van der Waals surface area (Å²) >= 11 is 0. The van der Waals surface area contributed by atoms with E-state index in [-0.39, 0.29) is 6.10 Å². The van der Waals surface area contributed by atoms with Crippen molar-refractivity contribution in [2.75, 3.05) is 7.11 Å². The summed E-state index contributed by atoms with van der Waals surface area (Å²) in [4.78, 5) is 3.38. The first-order valence-electron chi connectivity index (χ1n) is 5.66. The highest BCUT2D eigenvalue weighted by atomic mass is 16.5. The summed E-state index contributed by atoms with van der Waals surface area (Å²) in [5.74, 6) is 0.840. The smallest absolute Gasteiger partial charge is 0.119 e. The summed E-state index contributed by atoms with van der Waals surface area (Å²) in [5, 5.41) is 11.1. The van der Waals surface area contributed by atoms with E-state index < -0.39 is 0 Å². The van der Waals surface area contributed by atoms with Gasteiger partial charge in [-0.1, -0.05) is 0 Å². The zero-order valence-electron chi connectivity index (χ0n) is 9.29. The molecular weight excluding hydrogens is 202 g/mol. The van der Waals surface area contributed by atoms with E-state index in [2.05, 4.69) is 4.98 Å². The molecule has 2 N–H and O–H groups in total. The number of aromatic nitrogens is 1. The van der Waals surface area contributed by atoms with Crippen LogP contribution in [0.25, 0.3) is 10.9 Å². The Kier molecular flexibility index (Phi) is 2.14. The quantitative estimate of drug-likeness (QED) is 0.771. The molecule has 0 fully saturated rings. The Morgan fingerprint density at radius 2 is 2.31 bits per heavy atom. The van der Waals surface area contributed by atoms with Crippen LogP contribution < -0.4 is 4.74 Å². The number of aliphatic hydroxyl groups is 1. The third-order valence-electron chi connectivity index (χ3n) is 3.37. The first kappa shape index (κ1) is 9.73. The minimum absolute atomic E-state index is 0.329. The van der Waals surface area contributed by atoms with Crippen LogP contribution >= 0.6 is 0 Å². The molecule has 0 bridgehead atoms. The van der Waals surface area contributed by atoms with Crippen LogP contribution in [-0.4, -0.2) is 17.2 Å². The summed E-state index contributed by atoms with van der Waals surface area (Å²) < 4.78 is 5.22. The number of aryl methyl sites for hydroxylation is 1. The molecule has 0 saturated heterocycles. The number of nitrogens with one attached hydrogen (secondary N) is 1. The molecule has 16 heavy (non-hydrogen) atoms. The predicted octanol–water partition coefficient (Wildman–Crippen LogP) is 2.55. The summed E-state index contributed by atoms with van der Waals surface area (Å²) in [5.41, 5.74) is 3.34. The molecule has 1 aromatic heterocycles. The van der Waals surface area contributed by atoms with Crippen LogP contribution in [-0.2, 0) is 6.42 Å². The fourth-order valence-electron chi connectivity index (χ4n) is 2.57. The molecule has 2 aromatic rings. The van der Waals surface area contributed by atoms with E-state index in [0.717, 1.165) is 41.5 Å². The van der Waals surface area contributed by atoms with E-state index in [1.807, 2.05) is 18.2 Å². The van der Waals surface area contributed by atoms with Crippen molar-refractivity contribution < 1.29 is 9.84 Å². The highest BCUT2D eigenvalue weighted by Gasteiger charge is 2.22. The minimum atomic E-state index is -0.329. The lowest BCUT2D eigenvalue weighted by Crippen LogP contribution is -2.07. The molecule has 1 aromatic carbocycles. The predicted molar refractivity (Wildman–Crippen MR) is 62.7 cm³/mol. The Balaban J connectivity index is 2.26. The topological polar surface area (TPSA) is 45.2 Å². The van der Waals surface area contributed by atoms with Gasteiger partial charge in [0.1, 0.15) is 5.75 Å². The molecule has 0 radical (unpaired) electrons. The van der Waals surface area contributed by atoms with Crippen molar-refractivity contribution in [3.63, 3.8) is 0 Å². The maximum atomic E-state index is 10.1. The number of hydrogen-bond donors (Lipinski definition) is 2. The molecule has 1 aliphatic rings. The van der Waals surface area contributed by atoms with Crippen molar-refractivity contribution in [3.05, 3.63) is 29.5 Å². The molecule has 0 spiro atoms. The van der Waals surface area contributed by atoms with Gasteiger partial charge in [-0.3, -0.25) is 0 Å². The Hall–Kier alpha value is -1.48. The molecule has 0 amide bonds. The first-order valence-corrected chi connectivity index (χ1v) is 5.66. The van der Waals surface area contributed by atoms with Gasteiger partial charge in [-0.2, -0.15) is 0 Å².